The van der Waals surface area contributed by atoms with Crippen molar-refractivity contribution in [2.75, 3.05) is 13.2 Å². The number of benzene rings is 2. The Morgan fingerprint density at radius 1 is 1.26 bits per heavy atom. The molecule has 179 valence electrons. The van der Waals surface area contributed by atoms with Crippen LogP contribution in [-0.4, -0.2) is 46.9 Å². The summed E-state index contributed by atoms with van der Waals surface area (Å²) in [6.45, 7) is -2.80. The van der Waals surface area contributed by atoms with E-state index < -0.39 is 12.4 Å². The molecule has 2 N–H and O–H groups in total. The van der Waals surface area contributed by atoms with E-state index in [1.807, 2.05) is 0 Å². The van der Waals surface area contributed by atoms with E-state index in [2.05, 4.69) is 30.6 Å². The number of carbonyl (C=O) groups excluding carboxylic acids is 1. The highest BCUT2D eigenvalue weighted by Gasteiger charge is 2.28. The second-order valence-corrected chi connectivity index (χ2v) is 8.89. The van der Waals surface area contributed by atoms with Crippen LogP contribution in [0.3, 0.4) is 0 Å². The second kappa shape index (κ2) is 10.7. The summed E-state index contributed by atoms with van der Waals surface area (Å²) in [6, 6.07) is 7.79. The minimum Gasteiger partial charge on any atom is -0.484 e. The van der Waals surface area contributed by atoms with Gasteiger partial charge in [-0.15, -0.1) is 0 Å². The van der Waals surface area contributed by atoms with Gasteiger partial charge in [0, 0.05) is 35.0 Å². The summed E-state index contributed by atoms with van der Waals surface area (Å²) in [5.74, 6) is -0.383. The van der Waals surface area contributed by atoms with Crippen LogP contribution in [-0.2, 0) is 4.79 Å². The normalized spacial score (nSPS) is 20.8. The third-order valence-corrected chi connectivity index (χ3v) is 6.34. The fourth-order valence-electron chi connectivity index (χ4n) is 3.64. The Hall–Kier alpha value is -2.76. The third kappa shape index (κ3) is 6.02. The van der Waals surface area contributed by atoms with Crippen molar-refractivity contribution in [1.82, 2.24) is 15.6 Å². The number of alkyl halides is 2. The van der Waals surface area contributed by atoms with Crippen LogP contribution in [0, 0.1) is 5.82 Å². The number of rotatable bonds is 7. The molecule has 2 heterocycles. The number of aromatic nitrogens is 1. The Balaban J connectivity index is 1.34. The van der Waals surface area contributed by atoms with Crippen LogP contribution in [0.5, 0.6) is 11.5 Å². The zero-order valence-electron chi connectivity index (χ0n) is 17.7. The lowest BCUT2D eigenvalue weighted by molar-refractivity contribution is -0.123. The molecule has 0 saturated carbocycles. The first-order valence-electron chi connectivity index (χ1n) is 10.5. The van der Waals surface area contributed by atoms with E-state index in [4.69, 9.17) is 20.8 Å². The molecule has 1 aromatic heterocycles. The minimum atomic E-state index is -2.93. The highest BCUT2D eigenvalue weighted by atomic mass is 35.5. The standard InChI is InChI=1S/C22H20ClF3N3O4Si/c23-13-3-1-11(7-14(13)24)31-10-20(30)28-17-9-27-16(5-6-19(17)34)21-29-15-4-2-12(32-22(25)26)8-18(15)33-21/h1-4,7-8,16-17,19,22,27H,5-6,9-10H2,(H,28,30)/t16-,17?,19?/m1/s1. The maximum absolute atomic E-state index is 13.5. The Morgan fingerprint density at radius 3 is 2.82 bits per heavy atom. The van der Waals surface area contributed by atoms with Crippen LogP contribution in [0.25, 0.3) is 11.1 Å². The Morgan fingerprint density at radius 2 is 2.06 bits per heavy atom. The zero-order valence-corrected chi connectivity index (χ0v) is 19.4. The molecule has 1 saturated heterocycles. The highest BCUT2D eigenvalue weighted by Crippen LogP contribution is 2.30. The Kier molecular flexibility index (Phi) is 7.64. The average Bonchev–Trinajstić information content (AvgIpc) is 3.12. The lowest BCUT2D eigenvalue weighted by Crippen LogP contribution is -2.45. The molecule has 2 aromatic carbocycles. The summed E-state index contributed by atoms with van der Waals surface area (Å²) < 4.78 is 53.9. The van der Waals surface area contributed by atoms with Crippen LogP contribution >= 0.6 is 11.6 Å². The van der Waals surface area contributed by atoms with Gasteiger partial charge in [-0.2, -0.15) is 8.78 Å². The summed E-state index contributed by atoms with van der Waals surface area (Å²) in [6.07, 6.45) is 1.36. The van der Waals surface area contributed by atoms with Gasteiger partial charge in [0.1, 0.15) is 22.8 Å². The predicted octanol–water partition coefficient (Wildman–Crippen LogP) is 4.17. The van der Waals surface area contributed by atoms with Gasteiger partial charge in [-0.1, -0.05) is 11.6 Å². The molecular weight excluding hydrogens is 491 g/mol. The maximum Gasteiger partial charge on any atom is 0.387 e. The van der Waals surface area contributed by atoms with Crippen molar-refractivity contribution >= 4 is 38.9 Å². The van der Waals surface area contributed by atoms with Gasteiger partial charge in [0.05, 0.1) is 11.1 Å². The molecule has 7 nitrogen and oxygen atoms in total. The van der Waals surface area contributed by atoms with E-state index in [1.54, 1.807) is 6.07 Å². The van der Waals surface area contributed by atoms with Crippen molar-refractivity contribution in [3.63, 3.8) is 0 Å². The SMILES string of the molecule is O=C(COc1ccc(Cl)c(F)c1)NC1CN[C@@H](c2nc3ccc(OC(F)F)cc3o2)CCC1[Si]. The van der Waals surface area contributed by atoms with E-state index in [1.165, 1.54) is 24.3 Å². The van der Waals surface area contributed by atoms with E-state index in [0.717, 1.165) is 6.07 Å². The number of ether oxygens (including phenoxy) is 2. The smallest absolute Gasteiger partial charge is 0.387 e. The van der Waals surface area contributed by atoms with Gasteiger partial charge in [0.25, 0.3) is 5.91 Å². The molecule has 2 unspecified atom stereocenters. The fourth-order valence-corrected chi connectivity index (χ4v) is 4.12. The van der Waals surface area contributed by atoms with Crippen molar-refractivity contribution in [1.29, 1.82) is 0 Å². The van der Waals surface area contributed by atoms with Crippen LogP contribution < -0.4 is 20.1 Å². The number of hydrogen-bond donors (Lipinski definition) is 2. The Bertz CT molecular complexity index is 1170. The summed E-state index contributed by atoms with van der Waals surface area (Å²) in [5, 5.41) is 6.19. The van der Waals surface area contributed by atoms with Crippen molar-refractivity contribution in [3.05, 3.63) is 53.1 Å². The van der Waals surface area contributed by atoms with Crippen molar-refractivity contribution in [2.45, 2.75) is 37.1 Å². The summed E-state index contributed by atoms with van der Waals surface area (Å²) >= 11 is 5.64. The third-order valence-electron chi connectivity index (χ3n) is 5.34. The molecule has 3 aromatic rings. The molecule has 1 aliphatic heterocycles. The molecule has 34 heavy (non-hydrogen) atoms. The van der Waals surface area contributed by atoms with E-state index in [-0.39, 0.29) is 46.7 Å². The van der Waals surface area contributed by atoms with Crippen molar-refractivity contribution in [3.8, 4) is 11.5 Å². The molecule has 1 aliphatic rings. The number of carbonyl (C=O) groups is 1. The van der Waals surface area contributed by atoms with Gasteiger partial charge in [-0.05, 0) is 42.6 Å². The minimum absolute atomic E-state index is 0.00872. The average molecular weight is 511 g/mol. The summed E-state index contributed by atoms with van der Waals surface area (Å²) in [7, 11) is 3.67. The van der Waals surface area contributed by atoms with Crippen LogP contribution in [0.2, 0.25) is 10.6 Å². The first-order chi connectivity index (χ1) is 16.3. The number of amides is 1. The molecule has 3 radical (unpaired) electrons. The summed E-state index contributed by atoms with van der Waals surface area (Å²) in [5.41, 5.74) is 0.831. The quantitative estimate of drug-likeness (QED) is 0.464. The molecule has 3 atom stereocenters. The largest absolute Gasteiger partial charge is 0.484 e. The number of nitrogens with one attached hydrogen (secondary N) is 2. The van der Waals surface area contributed by atoms with Gasteiger partial charge in [-0.25, -0.2) is 9.37 Å². The Labute approximate surface area is 201 Å². The number of oxazole rings is 1. The monoisotopic (exact) mass is 510 g/mol. The molecule has 1 fully saturated rings. The first kappa shape index (κ1) is 24.4. The highest BCUT2D eigenvalue weighted by molar-refractivity contribution is 6.30. The van der Waals surface area contributed by atoms with E-state index >= 15 is 0 Å². The fraction of sp³-hybridized carbons (Fsp3) is 0.364. The number of nitrogens with zero attached hydrogens (tertiary/aromatic N) is 1. The lowest BCUT2D eigenvalue weighted by atomic mass is 10.1. The molecule has 0 aliphatic carbocycles. The van der Waals surface area contributed by atoms with Gasteiger partial charge < -0.3 is 24.5 Å². The molecule has 1 amide bonds. The molecule has 12 heteroatoms. The van der Waals surface area contributed by atoms with Gasteiger partial charge in [0.15, 0.2) is 12.2 Å². The number of hydrogen-bond acceptors (Lipinski definition) is 6. The first-order valence-corrected chi connectivity index (χ1v) is 11.4. The zero-order chi connectivity index (χ0) is 24.2. The summed E-state index contributed by atoms with van der Waals surface area (Å²) in [4.78, 5) is 16.8. The molecule has 4 rings (SSSR count). The number of halogens is 4. The topological polar surface area (TPSA) is 85.6 Å². The maximum atomic E-state index is 13.5. The predicted molar refractivity (Wildman–Crippen MR) is 119 cm³/mol. The number of fused-ring (bicyclic) bond motifs is 1. The van der Waals surface area contributed by atoms with Crippen LogP contribution in [0.4, 0.5) is 13.2 Å². The van der Waals surface area contributed by atoms with Gasteiger partial charge in [0.2, 0.25) is 5.89 Å². The van der Waals surface area contributed by atoms with E-state index in [0.29, 0.717) is 36.4 Å². The molecular formula is C22H20ClF3N3O4Si. The molecule has 0 spiro atoms. The molecule has 0 bridgehead atoms. The lowest BCUT2D eigenvalue weighted by Gasteiger charge is -2.22. The second-order valence-electron chi connectivity index (χ2n) is 7.74. The van der Waals surface area contributed by atoms with Crippen molar-refractivity contribution < 1.29 is 31.9 Å². The van der Waals surface area contributed by atoms with E-state index in [9.17, 15) is 18.0 Å². The van der Waals surface area contributed by atoms with Crippen LogP contribution in [0.1, 0.15) is 24.8 Å². The van der Waals surface area contributed by atoms with Crippen LogP contribution in [0.15, 0.2) is 40.8 Å². The van der Waals surface area contributed by atoms with Crippen molar-refractivity contribution in [2.24, 2.45) is 0 Å². The van der Waals surface area contributed by atoms with Gasteiger partial charge in [-0.3, -0.25) is 4.79 Å². The van der Waals surface area contributed by atoms with Gasteiger partial charge >= 0.3 is 6.61 Å².